The van der Waals surface area contributed by atoms with Crippen molar-refractivity contribution in [3.63, 3.8) is 0 Å². The second-order valence-electron chi connectivity index (χ2n) is 4.26. The molecule has 2 aromatic rings. The minimum absolute atomic E-state index is 0.0353. The van der Waals surface area contributed by atoms with Crippen LogP contribution in [0.1, 0.15) is 22.9 Å². The third-order valence-electron chi connectivity index (χ3n) is 2.88. The smallest absolute Gasteiger partial charge is 0.417 e. The van der Waals surface area contributed by atoms with Gasteiger partial charge in [-0.1, -0.05) is 0 Å². The van der Waals surface area contributed by atoms with E-state index in [4.69, 9.17) is 4.74 Å². The van der Waals surface area contributed by atoms with E-state index < -0.39 is 23.7 Å². The number of aliphatic hydroxyl groups excluding tert-OH is 1. The first-order chi connectivity index (χ1) is 9.82. The highest BCUT2D eigenvalue weighted by Crippen LogP contribution is 2.32. The van der Waals surface area contributed by atoms with Gasteiger partial charge in [-0.15, -0.1) is 0 Å². The van der Waals surface area contributed by atoms with Crippen LogP contribution in [0.3, 0.4) is 0 Å². The number of alkyl halides is 3. The van der Waals surface area contributed by atoms with E-state index in [0.717, 1.165) is 24.3 Å². The largest absolute Gasteiger partial charge is 0.496 e. The SMILES string of the molecule is COc1ccc(F)cc1C(O)c1ccc(C(F)(F)F)cn1. The Morgan fingerprint density at radius 2 is 1.90 bits per heavy atom. The van der Waals surface area contributed by atoms with Crippen LogP contribution in [0.15, 0.2) is 36.5 Å². The lowest BCUT2D eigenvalue weighted by molar-refractivity contribution is -0.137. The van der Waals surface area contributed by atoms with Crippen LogP contribution in [0, 0.1) is 5.82 Å². The summed E-state index contributed by atoms with van der Waals surface area (Å²) in [6.45, 7) is 0. The highest BCUT2D eigenvalue weighted by molar-refractivity contribution is 5.39. The van der Waals surface area contributed by atoms with E-state index in [-0.39, 0.29) is 17.0 Å². The summed E-state index contributed by atoms with van der Waals surface area (Å²) in [5, 5.41) is 10.1. The number of methoxy groups -OCH3 is 1. The van der Waals surface area contributed by atoms with Gasteiger partial charge in [0.15, 0.2) is 0 Å². The predicted molar refractivity (Wildman–Crippen MR) is 66.3 cm³/mol. The number of aliphatic hydroxyl groups is 1. The van der Waals surface area contributed by atoms with Crippen molar-refractivity contribution < 1.29 is 27.4 Å². The van der Waals surface area contributed by atoms with Crippen LogP contribution >= 0.6 is 0 Å². The molecule has 0 amide bonds. The Bertz CT molecular complexity index is 626. The molecule has 0 saturated carbocycles. The summed E-state index contributed by atoms with van der Waals surface area (Å²) >= 11 is 0. The van der Waals surface area contributed by atoms with E-state index in [9.17, 15) is 22.7 Å². The van der Waals surface area contributed by atoms with Gasteiger partial charge in [-0.25, -0.2) is 4.39 Å². The number of hydrogen-bond donors (Lipinski definition) is 1. The highest BCUT2D eigenvalue weighted by Gasteiger charge is 2.31. The third kappa shape index (κ3) is 3.30. The summed E-state index contributed by atoms with van der Waals surface area (Å²) in [5.41, 5.74) is -0.874. The zero-order valence-electron chi connectivity index (χ0n) is 10.9. The zero-order chi connectivity index (χ0) is 15.6. The molecule has 21 heavy (non-hydrogen) atoms. The Morgan fingerprint density at radius 1 is 1.19 bits per heavy atom. The molecular formula is C14H11F4NO2. The summed E-state index contributed by atoms with van der Waals surface area (Å²) in [6, 6.07) is 5.35. The molecule has 2 rings (SSSR count). The first-order valence-electron chi connectivity index (χ1n) is 5.87. The number of halogens is 4. The summed E-state index contributed by atoms with van der Waals surface area (Å²) in [5.74, 6) is -0.387. The number of aromatic nitrogens is 1. The van der Waals surface area contributed by atoms with Crippen LogP contribution in [0.5, 0.6) is 5.75 Å². The molecule has 3 nitrogen and oxygen atoms in total. The van der Waals surface area contributed by atoms with Crippen LogP contribution in [0.25, 0.3) is 0 Å². The van der Waals surface area contributed by atoms with Crippen LogP contribution < -0.4 is 4.74 Å². The topological polar surface area (TPSA) is 42.4 Å². The molecule has 1 N–H and O–H groups in total. The van der Waals surface area contributed by atoms with Crippen LogP contribution in [0.4, 0.5) is 17.6 Å². The van der Waals surface area contributed by atoms with Gasteiger partial charge >= 0.3 is 6.18 Å². The Kier molecular flexibility index (Phi) is 4.13. The van der Waals surface area contributed by atoms with E-state index in [2.05, 4.69) is 4.98 Å². The molecule has 1 atom stereocenters. The molecule has 0 saturated heterocycles. The number of rotatable bonds is 3. The summed E-state index contributed by atoms with van der Waals surface area (Å²) in [4.78, 5) is 3.58. The molecule has 1 heterocycles. The molecule has 0 spiro atoms. The standard InChI is InChI=1S/C14H11F4NO2/c1-21-12-5-3-9(15)6-10(12)13(20)11-4-2-8(7-19-11)14(16,17)18/h2-7,13,20H,1H3. The maximum absolute atomic E-state index is 13.2. The van der Waals surface area contributed by atoms with E-state index in [1.807, 2.05) is 0 Å². The van der Waals surface area contributed by atoms with Crippen LogP contribution in [0.2, 0.25) is 0 Å². The van der Waals surface area contributed by atoms with Gasteiger partial charge < -0.3 is 9.84 Å². The number of hydrogen-bond acceptors (Lipinski definition) is 3. The van der Waals surface area contributed by atoms with E-state index in [1.165, 1.54) is 13.2 Å². The van der Waals surface area contributed by atoms with Gasteiger partial charge in [0, 0.05) is 11.8 Å². The molecule has 1 unspecified atom stereocenters. The Balaban J connectivity index is 2.36. The van der Waals surface area contributed by atoms with Gasteiger partial charge in [-0.3, -0.25) is 4.98 Å². The first-order valence-corrected chi connectivity index (χ1v) is 5.87. The monoisotopic (exact) mass is 301 g/mol. The van der Waals surface area contributed by atoms with Gasteiger partial charge in [-0.2, -0.15) is 13.2 Å². The first kappa shape index (κ1) is 15.2. The molecule has 1 aromatic carbocycles. The van der Waals surface area contributed by atoms with Crippen molar-refractivity contribution in [1.82, 2.24) is 4.98 Å². The Morgan fingerprint density at radius 3 is 2.43 bits per heavy atom. The van der Waals surface area contributed by atoms with E-state index in [1.54, 1.807) is 0 Å². The molecule has 7 heteroatoms. The van der Waals surface area contributed by atoms with Crippen molar-refractivity contribution in [2.75, 3.05) is 7.11 Å². The van der Waals surface area contributed by atoms with Crippen LogP contribution in [-0.2, 0) is 6.18 Å². The van der Waals surface area contributed by atoms with Crippen molar-refractivity contribution in [2.24, 2.45) is 0 Å². The number of pyridine rings is 1. The number of nitrogens with zero attached hydrogens (tertiary/aromatic N) is 1. The molecule has 112 valence electrons. The Labute approximate surface area is 117 Å². The predicted octanol–water partition coefficient (Wildman–Crippen LogP) is 3.33. The number of ether oxygens (including phenoxy) is 1. The van der Waals surface area contributed by atoms with Crippen molar-refractivity contribution in [2.45, 2.75) is 12.3 Å². The van der Waals surface area contributed by atoms with E-state index in [0.29, 0.717) is 6.20 Å². The van der Waals surface area contributed by atoms with Gasteiger partial charge in [0.05, 0.1) is 18.4 Å². The van der Waals surface area contributed by atoms with Crippen molar-refractivity contribution >= 4 is 0 Å². The molecule has 0 fully saturated rings. The average Bonchev–Trinajstić information content (AvgIpc) is 2.45. The quantitative estimate of drug-likeness (QED) is 0.884. The number of benzene rings is 1. The lowest BCUT2D eigenvalue weighted by atomic mass is 10.0. The highest BCUT2D eigenvalue weighted by atomic mass is 19.4. The van der Waals surface area contributed by atoms with Crippen LogP contribution in [-0.4, -0.2) is 17.2 Å². The maximum atomic E-state index is 13.2. The normalized spacial score (nSPS) is 13.0. The Hall–Kier alpha value is -2.15. The van der Waals surface area contributed by atoms with Crippen molar-refractivity contribution in [1.29, 1.82) is 0 Å². The molecule has 1 aromatic heterocycles. The summed E-state index contributed by atoms with van der Waals surface area (Å²) in [7, 11) is 1.34. The molecule has 0 radical (unpaired) electrons. The zero-order valence-corrected chi connectivity index (χ0v) is 10.9. The molecular weight excluding hydrogens is 290 g/mol. The molecule has 0 aliphatic heterocycles. The fourth-order valence-corrected chi connectivity index (χ4v) is 1.81. The maximum Gasteiger partial charge on any atom is 0.417 e. The minimum Gasteiger partial charge on any atom is -0.496 e. The lowest BCUT2D eigenvalue weighted by Gasteiger charge is -2.15. The lowest BCUT2D eigenvalue weighted by Crippen LogP contribution is -2.09. The second-order valence-corrected chi connectivity index (χ2v) is 4.26. The fraction of sp³-hybridized carbons (Fsp3) is 0.214. The summed E-state index contributed by atoms with van der Waals surface area (Å²) in [6.07, 6.45) is -5.28. The van der Waals surface area contributed by atoms with Crippen molar-refractivity contribution in [3.05, 3.63) is 59.2 Å². The van der Waals surface area contributed by atoms with E-state index >= 15 is 0 Å². The fourth-order valence-electron chi connectivity index (χ4n) is 1.81. The van der Waals surface area contributed by atoms with Gasteiger partial charge in [0.2, 0.25) is 0 Å². The van der Waals surface area contributed by atoms with Gasteiger partial charge in [0.1, 0.15) is 17.7 Å². The minimum atomic E-state index is -4.51. The van der Waals surface area contributed by atoms with Gasteiger partial charge in [-0.05, 0) is 30.3 Å². The second kappa shape index (κ2) is 5.69. The van der Waals surface area contributed by atoms with Gasteiger partial charge in [0.25, 0.3) is 0 Å². The average molecular weight is 301 g/mol. The third-order valence-corrected chi connectivity index (χ3v) is 2.88. The van der Waals surface area contributed by atoms with Crippen molar-refractivity contribution in [3.8, 4) is 5.75 Å². The molecule has 0 bridgehead atoms. The summed E-state index contributed by atoms with van der Waals surface area (Å²) < 4.78 is 55.6. The molecule has 0 aliphatic carbocycles. The molecule has 0 aliphatic rings.